The fourth-order valence-electron chi connectivity index (χ4n) is 1.15. The summed E-state index contributed by atoms with van der Waals surface area (Å²) in [4.78, 5) is 10.6. The number of hydrogen-bond acceptors (Lipinski definition) is 3. The van der Waals surface area contributed by atoms with Crippen LogP contribution in [0.5, 0.6) is 5.75 Å². The molecule has 17 heavy (non-hydrogen) atoms. The van der Waals surface area contributed by atoms with Gasteiger partial charge in [-0.05, 0) is 18.2 Å². The predicted molar refractivity (Wildman–Crippen MR) is 67.6 cm³/mol. The van der Waals surface area contributed by atoms with Crippen molar-refractivity contribution in [3.63, 3.8) is 0 Å². The van der Waals surface area contributed by atoms with Crippen molar-refractivity contribution in [2.75, 3.05) is 12.9 Å². The first-order chi connectivity index (χ1) is 8.13. The molecule has 0 aliphatic rings. The molecule has 0 heterocycles. The highest BCUT2D eigenvalue weighted by molar-refractivity contribution is 8.13. The van der Waals surface area contributed by atoms with E-state index >= 15 is 0 Å². The summed E-state index contributed by atoms with van der Waals surface area (Å²) < 4.78 is 18.1. The summed E-state index contributed by atoms with van der Waals surface area (Å²) in [5.41, 5.74) is 0.608. The van der Waals surface area contributed by atoms with Gasteiger partial charge in [-0.15, -0.1) is 0 Å². The van der Waals surface area contributed by atoms with Crippen LogP contribution < -0.4 is 4.74 Å². The Morgan fingerprint density at radius 2 is 2.29 bits per heavy atom. The summed E-state index contributed by atoms with van der Waals surface area (Å²) >= 11 is 1.24. The molecule has 0 saturated heterocycles. The van der Waals surface area contributed by atoms with E-state index in [-0.39, 0.29) is 10.9 Å². The van der Waals surface area contributed by atoms with Gasteiger partial charge in [-0.2, -0.15) is 0 Å². The van der Waals surface area contributed by atoms with Crippen molar-refractivity contribution in [1.29, 1.82) is 0 Å². The lowest BCUT2D eigenvalue weighted by atomic mass is 10.2. The molecule has 0 fully saturated rings. The van der Waals surface area contributed by atoms with E-state index in [1.54, 1.807) is 12.1 Å². The fourth-order valence-corrected chi connectivity index (χ4v) is 1.65. The molecule has 0 atom stereocenters. The molecule has 0 saturated carbocycles. The first-order valence-corrected chi connectivity index (χ1v) is 6.08. The van der Waals surface area contributed by atoms with Gasteiger partial charge in [0.2, 0.25) is 0 Å². The van der Waals surface area contributed by atoms with Crippen LogP contribution >= 0.6 is 11.8 Å². The lowest BCUT2D eigenvalue weighted by Gasteiger charge is -2.00. The Balaban J connectivity index is 2.54. The SMILES string of the molecule is COc1ccc(C#CCCSC(C)=O)cc1F. The summed E-state index contributed by atoms with van der Waals surface area (Å²) in [7, 11) is 1.42. The summed E-state index contributed by atoms with van der Waals surface area (Å²) in [6, 6.07) is 4.58. The maximum Gasteiger partial charge on any atom is 0.185 e. The van der Waals surface area contributed by atoms with Crippen molar-refractivity contribution >= 4 is 16.9 Å². The van der Waals surface area contributed by atoms with Crippen LogP contribution in [-0.4, -0.2) is 18.0 Å². The van der Waals surface area contributed by atoms with E-state index in [9.17, 15) is 9.18 Å². The van der Waals surface area contributed by atoms with E-state index in [4.69, 9.17) is 4.74 Å². The number of ether oxygens (including phenoxy) is 1. The molecule has 0 radical (unpaired) electrons. The molecule has 1 rings (SSSR count). The second kappa shape index (κ2) is 6.97. The van der Waals surface area contributed by atoms with Gasteiger partial charge in [0.25, 0.3) is 0 Å². The van der Waals surface area contributed by atoms with Gasteiger partial charge >= 0.3 is 0 Å². The predicted octanol–water partition coefficient (Wildman–Crippen LogP) is 2.86. The normalized spacial score (nSPS) is 9.35. The van der Waals surface area contributed by atoms with E-state index in [0.29, 0.717) is 17.7 Å². The molecular formula is C13H13FO2S. The summed E-state index contributed by atoms with van der Waals surface area (Å²) in [5, 5.41) is 0.0855. The number of rotatable bonds is 3. The number of hydrogen-bond donors (Lipinski definition) is 0. The van der Waals surface area contributed by atoms with E-state index < -0.39 is 5.82 Å². The zero-order valence-electron chi connectivity index (χ0n) is 9.75. The molecule has 1 aromatic rings. The summed E-state index contributed by atoms with van der Waals surface area (Å²) in [5.74, 6) is 6.19. The monoisotopic (exact) mass is 252 g/mol. The lowest BCUT2D eigenvalue weighted by Crippen LogP contribution is -1.88. The van der Waals surface area contributed by atoms with Crippen molar-refractivity contribution in [2.45, 2.75) is 13.3 Å². The topological polar surface area (TPSA) is 26.3 Å². The molecule has 0 N–H and O–H groups in total. The first-order valence-electron chi connectivity index (χ1n) is 5.09. The summed E-state index contributed by atoms with van der Waals surface area (Å²) in [6.45, 7) is 1.52. The van der Waals surface area contributed by atoms with Crippen molar-refractivity contribution in [2.24, 2.45) is 0 Å². The van der Waals surface area contributed by atoms with E-state index in [2.05, 4.69) is 11.8 Å². The van der Waals surface area contributed by atoms with Gasteiger partial charge in [-0.1, -0.05) is 23.6 Å². The smallest absolute Gasteiger partial charge is 0.185 e. The minimum Gasteiger partial charge on any atom is -0.494 e. The average Bonchev–Trinajstić information content (AvgIpc) is 2.28. The Morgan fingerprint density at radius 3 is 2.88 bits per heavy atom. The number of carbonyl (C=O) groups is 1. The van der Waals surface area contributed by atoms with Gasteiger partial charge in [0.1, 0.15) is 0 Å². The van der Waals surface area contributed by atoms with Crippen LogP contribution in [0.4, 0.5) is 4.39 Å². The van der Waals surface area contributed by atoms with Crippen LogP contribution in [0.2, 0.25) is 0 Å². The highest BCUT2D eigenvalue weighted by Gasteiger charge is 2.01. The minimum atomic E-state index is -0.419. The van der Waals surface area contributed by atoms with Crippen LogP contribution in [0.1, 0.15) is 18.9 Å². The van der Waals surface area contributed by atoms with Crippen molar-refractivity contribution in [1.82, 2.24) is 0 Å². The van der Waals surface area contributed by atoms with Gasteiger partial charge in [0.15, 0.2) is 16.7 Å². The third-order valence-corrected chi connectivity index (χ3v) is 2.73. The van der Waals surface area contributed by atoms with Crippen LogP contribution in [0, 0.1) is 17.7 Å². The molecule has 0 unspecified atom stereocenters. The number of benzene rings is 1. The van der Waals surface area contributed by atoms with E-state index in [0.717, 1.165) is 0 Å². The van der Waals surface area contributed by atoms with Crippen LogP contribution in [0.15, 0.2) is 18.2 Å². The number of methoxy groups -OCH3 is 1. The number of thioether (sulfide) groups is 1. The first kappa shape index (κ1) is 13.6. The second-order valence-corrected chi connectivity index (χ2v) is 4.51. The molecule has 0 bridgehead atoms. The third kappa shape index (κ3) is 4.92. The fraction of sp³-hybridized carbons (Fsp3) is 0.308. The molecule has 0 spiro atoms. The Kier molecular flexibility index (Phi) is 5.58. The largest absolute Gasteiger partial charge is 0.494 e. The second-order valence-electron chi connectivity index (χ2n) is 3.24. The van der Waals surface area contributed by atoms with Gasteiger partial charge in [0, 0.05) is 24.7 Å². The van der Waals surface area contributed by atoms with Crippen molar-refractivity contribution in [3.8, 4) is 17.6 Å². The number of halogens is 1. The van der Waals surface area contributed by atoms with Gasteiger partial charge in [-0.3, -0.25) is 4.79 Å². The van der Waals surface area contributed by atoms with Crippen LogP contribution in [0.25, 0.3) is 0 Å². The molecule has 0 aliphatic heterocycles. The standard InChI is InChI=1S/C13H13FO2S/c1-10(15)17-8-4-3-5-11-6-7-13(16-2)12(14)9-11/h6-7,9H,4,8H2,1-2H3. The Bertz CT molecular complexity index is 460. The average molecular weight is 252 g/mol. The molecule has 4 heteroatoms. The molecule has 1 aromatic carbocycles. The highest BCUT2D eigenvalue weighted by atomic mass is 32.2. The van der Waals surface area contributed by atoms with Gasteiger partial charge in [-0.25, -0.2) is 4.39 Å². The van der Waals surface area contributed by atoms with Crippen molar-refractivity contribution < 1.29 is 13.9 Å². The maximum atomic E-state index is 13.3. The minimum absolute atomic E-state index is 0.0855. The van der Waals surface area contributed by atoms with Crippen LogP contribution in [0.3, 0.4) is 0 Å². The van der Waals surface area contributed by atoms with Gasteiger partial charge in [0.05, 0.1) is 7.11 Å². The molecule has 90 valence electrons. The van der Waals surface area contributed by atoms with Crippen LogP contribution in [-0.2, 0) is 4.79 Å². The molecular weight excluding hydrogens is 239 g/mol. The maximum absolute atomic E-state index is 13.3. The summed E-state index contributed by atoms with van der Waals surface area (Å²) in [6.07, 6.45) is 0.609. The Labute approximate surface area is 105 Å². The Morgan fingerprint density at radius 1 is 1.53 bits per heavy atom. The molecule has 0 aromatic heterocycles. The lowest BCUT2D eigenvalue weighted by molar-refractivity contribution is -0.109. The quantitative estimate of drug-likeness (QED) is 0.611. The van der Waals surface area contributed by atoms with E-state index in [1.165, 1.54) is 31.9 Å². The molecule has 0 aliphatic carbocycles. The highest BCUT2D eigenvalue weighted by Crippen LogP contribution is 2.16. The molecule has 2 nitrogen and oxygen atoms in total. The number of carbonyl (C=O) groups excluding carboxylic acids is 1. The van der Waals surface area contributed by atoms with Crippen molar-refractivity contribution in [3.05, 3.63) is 29.6 Å². The zero-order valence-corrected chi connectivity index (χ0v) is 10.6. The van der Waals surface area contributed by atoms with Gasteiger partial charge < -0.3 is 4.74 Å². The van der Waals surface area contributed by atoms with E-state index in [1.807, 2.05) is 0 Å². The third-order valence-electron chi connectivity index (χ3n) is 1.92. The zero-order chi connectivity index (χ0) is 12.7. The molecule has 0 amide bonds. The Hall–Kier alpha value is -1.47.